The zero-order chi connectivity index (χ0) is 12.0. The van der Waals surface area contributed by atoms with E-state index in [9.17, 15) is 34.4 Å². The summed E-state index contributed by atoms with van der Waals surface area (Å²) in [5.41, 5.74) is 0. The fraction of sp³-hybridized carbons (Fsp3) is 1.00. The molecular weight excluding hydrogens is 319 g/mol. The molecule has 0 amide bonds. The average Bonchev–Trinajstić information content (AvgIpc) is 1.81. The first-order chi connectivity index (χ1) is 5.75. The van der Waals surface area contributed by atoms with Crippen molar-refractivity contribution in [1.82, 2.24) is 0 Å². The number of rotatable bonds is 3. The third-order valence-corrected chi connectivity index (χ3v) is 3.45. The van der Waals surface area contributed by atoms with Crippen molar-refractivity contribution >= 4 is 81.2 Å². The first kappa shape index (κ1) is 18.9. The molecule has 0 radical (unpaired) electrons. The topological polar surface area (TPSA) is 88.5 Å². The van der Waals surface area contributed by atoms with E-state index in [1.165, 1.54) is 0 Å². The molecule has 13 heteroatoms. The van der Waals surface area contributed by atoms with Crippen LogP contribution in [-0.4, -0.2) is 83.3 Å². The molecule has 1 N–H and O–H groups in total. The molecule has 0 aliphatic heterocycles. The van der Waals surface area contributed by atoms with E-state index in [0.717, 1.165) is 0 Å². The molecule has 0 aromatic rings. The Balaban J connectivity index is 0. The van der Waals surface area contributed by atoms with E-state index in [4.69, 9.17) is 4.55 Å². The van der Waals surface area contributed by atoms with E-state index in [0.29, 0.717) is 0 Å². The van der Waals surface area contributed by atoms with Crippen molar-refractivity contribution in [1.29, 1.82) is 0 Å². The molecule has 0 aliphatic rings. The summed E-state index contributed by atoms with van der Waals surface area (Å²) in [6, 6.07) is 0. The van der Waals surface area contributed by atoms with Gasteiger partial charge in [0, 0.05) is 10.7 Å². The van der Waals surface area contributed by atoms with Gasteiger partial charge in [-0.25, -0.2) is 8.42 Å². The minimum absolute atomic E-state index is 0. The Morgan fingerprint density at radius 1 is 0.933 bits per heavy atom. The molecule has 0 saturated heterocycles. The molecule has 15 heavy (non-hydrogen) atoms. The van der Waals surface area contributed by atoms with Crippen molar-refractivity contribution < 1.29 is 39.0 Å². The Morgan fingerprint density at radius 2 is 1.20 bits per heavy atom. The predicted molar refractivity (Wildman–Crippen MR) is 43.4 cm³/mol. The number of alkyl halides is 4. The van der Waals surface area contributed by atoms with Gasteiger partial charge in [0.25, 0.3) is 0 Å². The summed E-state index contributed by atoms with van der Waals surface area (Å²) in [5, 5.41) is -12.3. The van der Waals surface area contributed by atoms with Crippen molar-refractivity contribution in [2.45, 2.75) is 10.5 Å². The molecule has 0 spiro atoms. The standard InChI is InChI=1S/C2HClF4O5S2.K.H/c3-13(8,9)1(4,5)2(6,7)14(10,11)12;;/h(H,10,11,12);;. The molecule has 0 saturated carbocycles. The van der Waals surface area contributed by atoms with Gasteiger partial charge in [-0.1, -0.05) is 0 Å². The van der Waals surface area contributed by atoms with Gasteiger partial charge in [0.05, 0.1) is 0 Å². The molecule has 0 rings (SSSR count). The summed E-state index contributed by atoms with van der Waals surface area (Å²) in [6.07, 6.45) is 0. The number of halogens is 5. The summed E-state index contributed by atoms with van der Waals surface area (Å²) in [5.74, 6) is 0. The molecule has 0 aromatic carbocycles. The van der Waals surface area contributed by atoms with Gasteiger partial charge in [-0.2, -0.15) is 26.0 Å². The quantitative estimate of drug-likeness (QED) is 0.342. The van der Waals surface area contributed by atoms with Gasteiger partial charge in [-0.3, -0.25) is 4.55 Å². The second-order valence-corrected chi connectivity index (χ2v) is 6.02. The van der Waals surface area contributed by atoms with Gasteiger partial charge >= 0.3 is 81.1 Å². The van der Waals surface area contributed by atoms with Crippen molar-refractivity contribution in [2.75, 3.05) is 0 Å². The first-order valence-electron chi connectivity index (χ1n) is 2.42. The summed E-state index contributed by atoms with van der Waals surface area (Å²) in [7, 11) is -8.90. The van der Waals surface area contributed by atoms with Crippen LogP contribution in [0.2, 0.25) is 0 Å². The molecule has 0 unspecified atom stereocenters. The fourth-order valence-corrected chi connectivity index (χ4v) is 1.95. The summed E-state index contributed by atoms with van der Waals surface area (Å²) < 4.78 is 95.7. The van der Waals surface area contributed by atoms with Crippen LogP contribution in [-0.2, 0) is 19.2 Å². The van der Waals surface area contributed by atoms with Gasteiger partial charge in [-0.15, -0.1) is 0 Å². The Kier molecular flexibility index (Phi) is 6.31. The van der Waals surface area contributed by atoms with Gasteiger partial charge < -0.3 is 0 Å². The van der Waals surface area contributed by atoms with Crippen molar-refractivity contribution in [3.05, 3.63) is 0 Å². The SMILES string of the molecule is O=S(=O)(O)C(F)(F)C(F)(F)S(=O)(=O)Cl.[KH]. The van der Waals surface area contributed by atoms with E-state index in [2.05, 4.69) is 10.7 Å². The molecule has 0 fully saturated rings. The molecular formula is C2H2ClF4KO5S2. The Bertz CT molecular complexity index is 386. The maximum atomic E-state index is 12.2. The van der Waals surface area contributed by atoms with E-state index < -0.39 is 29.7 Å². The van der Waals surface area contributed by atoms with Crippen LogP contribution in [0.1, 0.15) is 0 Å². The third kappa shape index (κ3) is 3.48. The second-order valence-electron chi connectivity index (χ2n) is 1.95. The predicted octanol–water partition coefficient (Wildman–Crippen LogP) is -0.0201. The van der Waals surface area contributed by atoms with Crippen LogP contribution in [0, 0.1) is 0 Å². The summed E-state index contributed by atoms with van der Waals surface area (Å²) in [4.78, 5) is 0. The molecule has 5 nitrogen and oxygen atoms in total. The molecule has 0 bridgehead atoms. The van der Waals surface area contributed by atoms with Gasteiger partial charge in [0.15, 0.2) is 0 Å². The van der Waals surface area contributed by atoms with Gasteiger partial charge in [0.1, 0.15) is 0 Å². The van der Waals surface area contributed by atoms with Crippen LogP contribution in [0.4, 0.5) is 17.6 Å². The average molecular weight is 321 g/mol. The molecule has 0 atom stereocenters. The summed E-state index contributed by atoms with van der Waals surface area (Å²) in [6.45, 7) is 0. The zero-order valence-corrected chi connectivity index (χ0v) is 8.18. The van der Waals surface area contributed by atoms with Crippen LogP contribution in [0.3, 0.4) is 0 Å². The number of hydrogen-bond donors (Lipinski definition) is 1. The summed E-state index contributed by atoms with van der Waals surface area (Å²) >= 11 is 0. The van der Waals surface area contributed by atoms with E-state index in [-0.39, 0.29) is 51.4 Å². The molecule has 88 valence electrons. The van der Waals surface area contributed by atoms with E-state index in [1.807, 2.05) is 0 Å². The van der Waals surface area contributed by atoms with Crippen LogP contribution in [0.5, 0.6) is 0 Å². The van der Waals surface area contributed by atoms with E-state index in [1.54, 1.807) is 0 Å². The maximum absolute atomic E-state index is 12.2. The minimum atomic E-state index is -6.59. The van der Waals surface area contributed by atoms with Crippen molar-refractivity contribution in [2.24, 2.45) is 0 Å². The number of hydrogen-bond acceptors (Lipinski definition) is 4. The second kappa shape index (κ2) is 5.02. The first-order valence-corrected chi connectivity index (χ1v) is 6.17. The normalized spacial score (nSPS) is 14.5. The van der Waals surface area contributed by atoms with E-state index >= 15 is 0 Å². The fourth-order valence-electron chi connectivity index (χ4n) is 0.292. The van der Waals surface area contributed by atoms with Crippen molar-refractivity contribution in [3.8, 4) is 0 Å². The Labute approximate surface area is 129 Å². The van der Waals surface area contributed by atoms with Crippen LogP contribution in [0.25, 0.3) is 0 Å². The zero-order valence-electron chi connectivity index (χ0n) is 5.79. The molecule has 0 aliphatic carbocycles. The third-order valence-electron chi connectivity index (χ3n) is 0.969. The van der Waals surface area contributed by atoms with Gasteiger partial charge in [0.2, 0.25) is 0 Å². The van der Waals surface area contributed by atoms with Crippen LogP contribution >= 0.6 is 10.7 Å². The van der Waals surface area contributed by atoms with Crippen LogP contribution < -0.4 is 0 Å². The Hall–Kier alpha value is 1.51. The molecule has 0 heterocycles. The Morgan fingerprint density at radius 3 is 1.27 bits per heavy atom. The molecule has 0 aromatic heterocycles. The van der Waals surface area contributed by atoms with Crippen molar-refractivity contribution in [3.63, 3.8) is 0 Å². The van der Waals surface area contributed by atoms with Gasteiger partial charge in [-0.05, 0) is 0 Å². The van der Waals surface area contributed by atoms with Crippen LogP contribution in [0.15, 0.2) is 0 Å². The monoisotopic (exact) mass is 320 g/mol.